The van der Waals surface area contributed by atoms with E-state index in [0.717, 1.165) is 11.1 Å². The van der Waals surface area contributed by atoms with Crippen LogP contribution in [0.1, 0.15) is 21.5 Å². The van der Waals surface area contributed by atoms with E-state index in [1.54, 1.807) is 33.5 Å². The second kappa shape index (κ2) is 11.9. The Kier molecular flexibility index (Phi) is 8.75. The zero-order valence-electron chi connectivity index (χ0n) is 19.7. The van der Waals surface area contributed by atoms with Crippen molar-refractivity contribution >= 4 is 35.2 Å². The molecule has 0 saturated carbocycles. The summed E-state index contributed by atoms with van der Waals surface area (Å²) in [5, 5.41) is 3.40. The Morgan fingerprint density at radius 3 is 2.06 bits per heavy atom. The second-order valence-corrected chi connectivity index (χ2v) is 7.64. The van der Waals surface area contributed by atoms with Crippen molar-refractivity contribution in [1.82, 2.24) is 0 Å². The molecule has 182 valence electrons. The van der Waals surface area contributed by atoms with Gasteiger partial charge in [-0.15, -0.1) is 0 Å². The molecule has 0 spiro atoms. The SMILES string of the molecule is COc1cc(C=Cc2cc(Cl)c(OC)c(NC=CC(=O)c3cccc(F)c3)c2)cc(OC)c1OC. The molecular weight excluding hydrogens is 473 g/mol. The molecule has 0 aliphatic heterocycles. The summed E-state index contributed by atoms with van der Waals surface area (Å²) in [6, 6.07) is 12.7. The van der Waals surface area contributed by atoms with E-state index in [1.807, 2.05) is 30.4 Å². The first kappa shape index (κ1) is 25.6. The zero-order valence-corrected chi connectivity index (χ0v) is 20.5. The molecule has 3 aromatic carbocycles. The lowest BCUT2D eigenvalue weighted by Crippen LogP contribution is -1.98. The van der Waals surface area contributed by atoms with Crippen LogP contribution in [0.2, 0.25) is 5.02 Å². The fourth-order valence-corrected chi connectivity index (χ4v) is 3.67. The molecule has 0 atom stereocenters. The highest BCUT2D eigenvalue weighted by molar-refractivity contribution is 6.32. The quantitative estimate of drug-likeness (QED) is 0.196. The number of benzene rings is 3. The maximum atomic E-state index is 13.4. The minimum atomic E-state index is -0.475. The molecule has 0 aliphatic rings. The fraction of sp³-hybridized carbons (Fsp3) is 0.148. The van der Waals surface area contributed by atoms with E-state index in [-0.39, 0.29) is 11.3 Å². The third-order valence-electron chi connectivity index (χ3n) is 5.01. The number of methoxy groups -OCH3 is 4. The molecule has 35 heavy (non-hydrogen) atoms. The minimum absolute atomic E-state index is 0.245. The predicted octanol–water partition coefficient (Wildman–Crippen LogP) is 6.49. The summed E-state index contributed by atoms with van der Waals surface area (Å²) in [6.07, 6.45) is 6.49. The average molecular weight is 498 g/mol. The normalized spacial score (nSPS) is 11.0. The van der Waals surface area contributed by atoms with Gasteiger partial charge in [-0.3, -0.25) is 4.79 Å². The van der Waals surface area contributed by atoms with Crippen molar-refractivity contribution < 1.29 is 28.1 Å². The molecule has 3 rings (SSSR count). The van der Waals surface area contributed by atoms with Crippen molar-refractivity contribution in [2.45, 2.75) is 0 Å². The number of ketones is 1. The average Bonchev–Trinajstić information content (AvgIpc) is 2.86. The second-order valence-electron chi connectivity index (χ2n) is 7.23. The molecule has 0 unspecified atom stereocenters. The predicted molar refractivity (Wildman–Crippen MR) is 137 cm³/mol. The van der Waals surface area contributed by atoms with E-state index >= 15 is 0 Å². The maximum Gasteiger partial charge on any atom is 0.203 e. The summed E-state index contributed by atoms with van der Waals surface area (Å²) in [7, 11) is 6.15. The first-order chi connectivity index (χ1) is 16.9. The summed E-state index contributed by atoms with van der Waals surface area (Å²) < 4.78 is 34.9. The largest absolute Gasteiger partial charge is 0.493 e. The van der Waals surface area contributed by atoms with Gasteiger partial charge in [0, 0.05) is 17.8 Å². The lowest BCUT2D eigenvalue weighted by atomic mass is 10.1. The molecule has 0 bridgehead atoms. The van der Waals surface area contributed by atoms with Gasteiger partial charge in [0.25, 0.3) is 0 Å². The van der Waals surface area contributed by atoms with Gasteiger partial charge in [0.1, 0.15) is 5.82 Å². The zero-order chi connectivity index (χ0) is 25.4. The molecule has 3 aromatic rings. The monoisotopic (exact) mass is 497 g/mol. The van der Waals surface area contributed by atoms with Gasteiger partial charge in [-0.25, -0.2) is 4.39 Å². The highest BCUT2D eigenvalue weighted by Gasteiger charge is 2.13. The van der Waals surface area contributed by atoms with Crippen LogP contribution in [-0.2, 0) is 0 Å². The number of anilines is 1. The summed E-state index contributed by atoms with van der Waals surface area (Å²) in [6.45, 7) is 0. The molecule has 0 fully saturated rings. The molecule has 1 N–H and O–H groups in total. The van der Waals surface area contributed by atoms with E-state index in [4.69, 9.17) is 30.5 Å². The number of carbonyl (C=O) groups is 1. The van der Waals surface area contributed by atoms with Crippen LogP contribution in [0.3, 0.4) is 0 Å². The molecule has 0 aromatic heterocycles. The van der Waals surface area contributed by atoms with Crippen molar-refractivity contribution in [2.24, 2.45) is 0 Å². The highest BCUT2D eigenvalue weighted by Crippen LogP contribution is 2.39. The van der Waals surface area contributed by atoms with Crippen LogP contribution in [0.25, 0.3) is 12.2 Å². The number of nitrogens with one attached hydrogen (secondary N) is 1. The Balaban J connectivity index is 1.85. The van der Waals surface area contributed by atoms with Crippen LogP contribution in [0.15, 0.2) is 60.8 Å². The van der Waals surface area contributed by atoms with Gasteiger partial charge in [-0.05, 0) is 47.5 Å². The van der Waals surface area contributed by atoms with Crippen molar-refractivity contribution in [3.05, 3.63) is 88.3 Å². The van der Waals surface area contributed by atoms with Crippen LogP contribution in [0, 0.1) is 5.82 Å². The minimum Gasteiger partial charge on any atom is -0.493 e. The van der Waals surface area contributed by atoms with Crippen molar-refractivity contribution in [1.29, 1.82) is 0 Å². The Morgan fingerprint density at radius 2 is 1.49 bits per heavy atom. The molecule has 0 radical (unpaired) electrons. The van der Waals surface area contributed by atoms with Gasteiger partial charge in [0.2, 0.25) is 5.75 Å². The van der Waals surface area contributed by atoms with Gasteiger partial charge in [-0.2, -0.15) is 0 Å². The van der Waals surface area contributed by atoms with Gasteiger partial charge in [0.05, 0.1) is 39.1 Å². The fourth-order valence-electron chi connectivity index (χ4n) is 3.36. The maximum absolute atomic E-state index is 13.4. The third kappa shape index (κ3) is 6.33. The topological polar surface area (TPSA) is 66.0 Å². The number of hydrogen-bond donors (Lipinski definition) is 1. The standard InChI is InChI=1S/C27H25ClFNO5/c1-32-24-14-18(15-25(33-2)27(24)35-4)9-8-17-12-21(28)26(34-3)22(13-17)30-11-10-23(31)19-6-5-7-20(29)16-19/h5-16,30H,1-4H3. The molecule has 8 heteroatoms. The lowest BCUT2D eigenvalue weighted by molar-refractivity contribution is 0.104. The molecule has 0 aliphatic carbocycles. The van der Waals surface area contributed by atoms with Gasteiger partial charge < -0.3 is 24.3 Å². The first-order valence-electron chi connectivity index (χ1n) is 10.5. The van der Waals surface area contributed by atoms with Crippen LogP contribution in [0.5, 0.6) is 23.0 Å². The van der Waals surface area contributed by atoms with Crippen LogP contribution in [-0.4, -0.2) is 34.2 Å². The molecule has 6 nitrogen and oxygen atoms in total. The first-order valence-corrected chi connectivity index (χ1v) is 10.9. The highest BCUT2D eigenvalue weighted by atomic mass is 35.5. The van der Waals surface area contributed by atoms with Crippen LogP contribution in [0.4, 0.5) is 10.1 Å². The van der Waals surface area contributed by atoms with Crippen LogP contribution >= 0.6 is 11.6 Å². The van der Waals surface area contributed by atoms with E-state index < -0.39 is 5.82 Å². The molecule has 0 amide bonds. The van der Waals surface area contributed by atoms with Crippen molar-refractivity contribution in [3.63, 3.8) is 0 Å². The van der Waals surface area contributed by atoms with E-state index in [1.165, 1.54) is 37.6 Å². The van der Waals surface area contributed by atoms with Crippen molar-refractivity contribution in [3.8, 4) is 23.0 Å². The molecule has 0 saturated heterocycles. The summed E-state index contributed by atoms with van der Waals surface area (Å²) in [4.78, 5) is 12.3. The Morgan fingerprint density at radius 1 is 0.857 bits per heavy atom. The van der Waals surface area contributed by atoms with Gasteiger partial charge >= 0.3 is 0 Å². The summed E-state index contributed by atoms with van der Waals surface area (Å²) in [5.74, 6) is 1.17. The van der Waals surface area contributed by atoms with E-state index in [9.17, 15) is 9.18 Å². The molecular formula is C27H25ClFNO5. The number of ether oxygens (including phenoxy) is 4. The van der Waals surface area contributed by atoms with Gasteiger partial charge in [-0.1, -0.05) is 35.9 Å². The number of hydrogen-bond acceptors (Lipinski definition) is 6. The Hall–Kier alpha value is -3.97. The third-order valence-corrected chi connectivity index (χ3v) is 5.29. The number of halogens is 2. The van der Waals surface area contributed by atoms with E-state index in [2.05, 4.69) is 5.32 Å². The number of rotatable bonds is 10. The van der Waals surface area contributed by atoms with Crippen LogP contribution < -0.4 is 24.3 Å². The summed E-state index contributed by atoms with van der Waals surface area (Å²) >= 11 is 6.42. The molecule has 0 heterocycles. The number of allylic oxidation sites excluding steroid dienone is 1. The van der Waals surface area contributed by atoms with Gasteiger partial charge in [0.15, 0.2) is 23.0 Å². The lowest BCUT2D eigenvalue weighted by Gasteiger charge is -2.13. The van der Waals surface area contributed by atoms with Crippen molar-refractivity contribution in [2.75, 3.05) is 33.8 Å². The smallest absolute Gasteiger partial charge is 0.203 e. The number of carbonyl (C=O) groups excluding carboxylic acids is 1. The van der Waals surface area contributed by atoms with E-state index in [0.29, 0.717) is 33.7 Å². The Labute approximate surface area is 208 Å². The Bertz CT molecular complexity index is 1250. The summed E-state index contributed by atoms with van der Waals surface area (Å²) in [5.41, 5.74) is 2.39.